The second kappa shape index (κ2) is 6.21. The van der Waals surface area contributed by atoms with Gasteiger partial charge in [-0.25, -0.2) is 0 Å². The highest BCUT2D eigenvalue weighted by molar-refractivity contribution is 9.10. The first-order valence-electron chi connectivity index (χ1n) is 5.61. The van der Waals surface area contributed by atoms with Crippen molar-refractivity contribution in [2.45, 2.75) is 6.54 Å². The van der Waals surface area contributed by atoms with E-state index in [2.05, 4.69) is 15.9 Å². The highest BCUT2D eigenvalue weighted by atomic mass is 79.9. The lowest BCUT2D eigenvalue weighted by Crippen LogP contribution is -1.97. The molecule has 104 valence electrons. The molecule has 0 aliphatic heterocycles. The van der Waals surface area contributed by atoms with E-state index in [4.69, 9.17) is 22.1 Å². The Bertz CT molecular complexity index is 664. The van der Waals surface area contributed by atoms with Crippen LogP contribution in [0.25, 0.3) is 0 Å². The second-order valence-electron chi connectivity index (χ2n) is 3.93. The van der Waals surface area contributed by atoms with Crippen LogP contribution in [0.3, 0.4) is 0 Å². The Morgan fingerprint density at radius 2 is 1.90 bits per heavy atom. The Labute approximate surface area is 128 Å². The fourth-order valence-electron chi connectivity index (χ4n) is 1.59. The Morgan fingerprint density at radius 3 is 2.45 bits per heavy atom. The molecule has 0 spiro atoms. The molecule has 0 bridgehead atoms. The van der Waals surface area contributed by atoms with E-state index in [1.54, 1.807) is 12.1 Å². The first-order valence-corrected chi connectivity index (χ1v) is 6.78. The standard InChI is InChI=1S/C13H10BrClN2O3/c14-11-5-9(2-1-8(11)7-16)20-10-3-4-13(17(18)19)12(15)6-10/h1-6H,7,16H2. The molecular weight excluding hydrogens is 348 g/mol. The van der Waals surface area contributed by atoms with Crippen LogP contribution in [0.1, 0.15) is 5.56 Å². The third-order valence-electron chi connectivity index (χ3n) is 2.60. The van der Waals surface area contributed by atoms with Gasteiger partial charge in [0.1, 0.15) is 16.5 Å². The Hall–Kier alpha value is -1.63. The summed E-state index contributed by atoms with van der Waals surface area (Å²) < 4.78 is 6.43. The molecule has 0 fully saturated rings. The molecular formula is C13H10BrClN2O3. The minimum Gasteiger partial charge on any atom is -0.457 e. The summed E-state index contributed by atoms with van der Waals surface area (Å²) in [6.07, 6.45) is 0. The Balaban J connectivity index is 2.24. The van der Waals surface area contributed by atoms with Gasteiger partial charge in [0.15, 0.2) is 0 Å². The van der Waals surface area contributed by atoms with Gasteiger partial charge in [0.05, 0.1) is 4.92 Å². The van der Waals surface area contributed by atoms with Gasteiger partial charge in [-0.3, -0.25) is 10.1 Å². The molecule has 7 heteroatoms. The molecule has 0 amide bonds. The average Bonchev–Trinajstić information content (AvgIpc) is 2.38. The number of rotatable bonds is 4. The minimum atomic E-state index is -0.543. The number of hydrogen-bond donors (Lipinski definition) is 1. The number of halogens is 2. The van der Waals surface area contributed by atoms with Gasteiger partial charge in [0, 0.05) is 23.2 Å². The molecule has 0 heterocycles. The van der Waals surface area contributed by atoms with Crippen molar-refractivity contribution in [1.29, 1.82) is 0 Å². The van der Waals surface area contributed by atoms with Crippen LogP contribution < -0.4 is 10.5 Å². The minimum absolute atomic E-state index is 0.0325. The molecule has 0 atom stereocenters. The van der Waals surface area contributed by atoms with E-state index in [1.807, 2.05) is 6.07 Å². The summed E-state index contributed by atoms with van der Waals surface area (Å²) in [7, 11) is 0. The third-order valence-corrected chi connectivity index (χ3v) is 3.64. The molecule has 2 rings (SSSR count). The van der Waals surface area contributed by atoms with Crippen molar-refractivity contribution in [2.75, 3.05) is 0 Å². The topological polar surface area (TPSA) is 78.4 Å². The van der Waals surface area contributed by atoms with Crippen molar-refractivity contribution < 1.29 is 9.66 Å². The maximum absolute atomic E-state index is 10.7. The van der Waals surface area contributed by atoms with Crippen molar-refractivity contribution >= 4 is 33.2 Å². The first-order chi connectivity index (χ1) is 9.51. The Kier molecular flexibility index (Phi) is 4.59. The first kappa shape index (κ1) is 14.8. The maximum Gasteiger partial charge on any atom is 0.288 e. The van der Waals surface area contributed by atoms with Crippen molar-refractivity contribution in [1.82, 2.24) is 0 Å². The van der Waals surface area contributed by atoms with Crippen LogP contribution in [0.4, 0.5) is 5.69 Å². The summed E-state index contributed by atoms with van der Waals surface area (Å²) in [5.74, 6) is 1.01. The quantitative estimate of drug-likeness (QED) is 0.655. The Morgan fingerprint density at radius 1 is 1.25 bits per heavy atom. The summed E-state index contributed by atoms with van der Waals surface area (Å²) in [5, 5.41) is 10.7. The van der Waals surface area contributed by atoms with Crippen LogP contribution in [0, 0.1) is 10.1 Å². The molecule has 2 aromatic carbocycles. The molecule has 20 heavy (non-hydrogen) atoms. The van der Waals surface area contributed by atoms with Gasteiger partial charge in [0.2, 0.25) is 0 Å². The number of nitrogens with two attached hydrogens (primary N) is 1. The van der Waals surface area contributed by atoms with Crippen LogP contribution in [0.2, 0.25) is 5.02 Å². The van der Waals surface area contributed by atoms with Crippen molar-refractivity contribution in [3.63, 3.8) is 0 Å². The second-order valence-corrected chi connectivity index (χ2v) is 5.19. The molecule has 0 saturated carbocycles. The number of hydrogen-bond acceptors (Lipinski definition) is 4. The lowest BCUT2D eigenvalue weighted by Gasteiger charge is -2.08. The summed E-state index contributed by atoms with van der Waals surface area (Å²) >= 11 is 9.21. The predicted molar refractivity (Wildman–Crippen MR) is 80.2 cm³/mol. The molecule has 2 N–H and O–H groups in total. The summed E-state index contributed by atoms with van der Waals surface area (Å²) in [6, 6.07) is 9.59. The summed E-state index contributed by atoms with van der Waals surface area (Å²) in [4.78, 5) is 10.1. The van der Waals surface area contributed by atoms with E-state index in [-0.39, 0.29) is 10.7 Å². The van der Waals surface area contributed by atoms with Crippen LogP contribution in [0.15, 0.2) is 40.9 Å². The molecule has 0 aliphatic rings. The van der Waals surface area contributed by atoms with Gasteiger partial charge in [-0.1, -0.05) is 33.6 Å². The molecule has 5 nitrogen and oxygen atoms in total. The monoisotopic (exact) mass is 356 g/mol. The van der Waals surface area contributed by atoms with Crippen molar-refractivity contribution in [3.8, 4) is 11.5 Å². The van der Waals surface area contributed by atoms with E-state index < -0.39 is 4.92 Å². The SMILES string of the molecule is NCc1ccc(Oc2ccc([N+](=O)[O-])c(Cl)c2)cc1Br. The zero-order chi connectivity index (χ0) is 14.7. The average molecular weight is 358 g/mol. The zero-order valence-corrected chi connectivity index (χ0v) is 12.5. The highest BCUT2D eigenvalue weighted by Gasteiger charge is 2.13. The van der Waals surface area contributed by atoms with Gasteiger partial charge in [-0.05, 0) is 23.8 Å². The largest absolute Gasteiger partial charge is 0.457 e. The van der Waals surface area contributed by atoms with E-state index in [9.17, 15) is 10.1 Å². The number of ether oxygens (including phenoxy) is 1. The highest BCUT2D eigenvalue weighted by Crippen LogP contribution is 2.32. The maximum atomic E-state index is 10.7. The van der Waals surface area contributed by atoms with E-state index in [0.717, 1.165) is 10.0 Å². The molecule has 2 aromatic rings. The van der Waals surface area contributed by atoms with Gasteiger partial charge in [0.25, 0.3) is 5.69 Å². The van der Waals surface area contributed by atoms with Gasteiger partial charge < -0.3 is 10.5 Å². The van der Waals surface area contributed by atoms with Crippen LogP contribution in [0.5, 0.6) is 11.5 Å². The molecule has 0 radical (unpaired) electrons. The van der Waals surface area contributed by atoms with Crippen molar-refractivity contribution in [3.05, 3.63) is 61.6 Å². The van der Waals surface area contributed by atoms with E-state index >= 15 is 0 Å². The lowest BCUT2D eigenvalue weighted by atomic mass is 10.2. The fraction of sp³-hybridized carbons (Fsp3) is 0.0769. The number of nitro benzene ring substituents is 1. The van der Waals surface area contributed by atoms with E-state index in [1.165, 1.54) is 18.2 Å². The van der Waals surface area contributed by atoms with Crippen molar-refractivity contribution in [2.24, 2.45) is 5.73 Å². The molecule has 0 saturated heterocycles. The predicted octanol–water partition coefficient (Wildman–Crippen LogP) is 4.26. The summed E-state index contributed by atoms with van der Waals surface area (Å²) in [6.45, 7) is 0.421. The van der Waals surface area contributed by atoms with Crippen LogP contribution >= 0.6 is 27.5 Å². The normalized spacial score (nSPS) is 10.3. The van der Waals surface area contributed by atoms with Gasteiger partial charge in [-0.15, -0.1) is 0 Å². The van der Waals surface area contributed by atoms with Gasteiger partial charge >= 0.3 is 0 Å². The number of nitrogens with zero attached hydrogens (tertiary/aromatic N) is 1. The number of benzene rings is 2. The molecule has 0 aromatic heterocycles. The fourth-order valence-corrected chi connectivity index (χ4v) is 2.35. The lowest BCUT2D eigenvalue weighted by molar-refractivity contribution is -0.384. The third kappa shape index (κ3) is 3.27. The number of nitro groups is 1. The summed E-state index contributed by atoms with van der Waals surface area (Å²) in [5.41, 5.74) is 6.37. The van der Waals surface area contributed by atoms with Crippen LogP contribution in [-0.4, -0.2) is 4.92 Å². The van der Waals surface area contributed by atoms with Gasteiger partial charge in [-0.2, -0.15) is 0 Å². The zero-order valence-electron chi connectivity index (χ0n) is 10.2. The van der Waals surface area contributed by atoms with Crippen LogP contribution in [-0.2, 0) is 6.54 Å². The smallest absolute Gasteiger partial charge is 0.288 e. The van der Waals surface area contributed by atoms with E-state index in [0.29, 0.717) is 18.0 Å². The molecule has 0 aliphatic carbocycles. The molecule has 0 unspecified atom stereocenters.